The van der Waals surface area contributed by atoms with Crippen molar-refractivity contribution in [2.45, 2.75) is 25.3 Å². The van der Waals surface area contributed by atoms with Crippen molar-refractivity contribution < 1.29 is 13.9 Å². The summed E-state index contributed by atoms with van der Waals surface area (Å²) in [5, 5.41) is 4.55. The number of hydrogen-bond acceptors (Lipinski definition) is 7. The van der Waals surface area contributed by atoms with Gasteiger partial charge in [-0.15, -0.1) is 0 Å². The lowest BCUT2D eigenvalue weighted by molar-refractivity contribution is 0.196. The van der Waals surface area contributed by atoms with E-state index in [0.29, 0.717) is 17.5 Å². The number of hydrogen-bond donors (Lipinski definition) is 1. The van der Waals surface area contributed by atoms with Gasteiger partial charge in [-0.05, 0) is 37.6 Å². The van der Waals surface area contributed by atoms with Crippen LogP contribution >= 0.6 is 0 Å². The van der Waals surface area contributed by atoms with Crippen molar-refractivity contribution in [1.29, 1.82) is 0 Å². The number of piperidine rings is 1. The minimum atomic E-state index is 0.301. The van der Waals surface area contributed by atoms with Gasteiger partial charge in [-0.2, -0.15) is 9.61 Å². The predicted molar refractivity (Wildman–Crippen MR) is 122 cm³/mol. The first kappa shape index (κ1) is 20.4. The van der Waals surface area contributed by atoms with E-state index >= 15 is 0 Å². The number of methoxy groups -OCH3 is 2. The molecule has 8 heteroatoms. The number of aromatic nitrogens is 3. The second kappa shape index (κ2) is 8.55. The van der Waals surface area contributed by atoms with Crippen LogP contribution in [0.2, 0.25) is 0 Å². The van der Waals surface area contributed by atoms with Crippen molar-refractivity contribution in [1.82, 2.24) is 19.5 Å². The molecular weight excluding hydrogens is 406 g/mol. The third-order valence-corrected chi connectivity index (χ3v) is 6.05. The highest BCUT2D eigenvalue weighted by Gasteiger charge is 2.25. The zero-order chi connectivity index (χ0) is 22.1. The molecule has 8 nitrogen and oxygen atoms in total. The van der Waals surface area contributed by atoms with Gasteiger partial charge in [-0.1, -0.05) is 12.1 Å². The minimum Gasteiger partial charge on any atom is -0.493 e. The Balaban J connectivity index is 1.38. The number of nitrogens with zero attached hydrogens (tertiary/aromatic N) is 4. The van der Waals surface area contributed by atoms with Crippen molar-refractivity contribution in [3.8, 4) is 23.0 Å². The minimum absolute atomic E-state index is 0.301. The quantitative estimate of drug-likeness (QED) is 0.492. The Labute approximate surface area is 186 Å². The zero-order valence-electron chi connectivity index (χ0n) is 18.3. The van der Waals surface area contributed by atoms with Crippen LogP contribution in [0, 0.1) is 0 Å². The van der Waals surface area contributed by atoms with E-state index < -0.39 is 0 Å². The lowest BCUT2D eigenvalue weighted by Gasteiger charge is -2.33. The number of fused-ring (bicyclic) bond motifs is 1. The fourth-order valence-corrected chi connectivity index (χ4v) is 4.53. The van der Waals surface area contributed by atoms with Gasteiger partial charge in [-0.25, -0.2) is 4.98 Å². The Kier molecular flexibility index (Phi) is 5.45. The predicted octanol–water partition coefficient (Wildman–Crippen LogP) is 3.97. The number of nitrogens with two attached hydrogens (primary N) is 1. The molecule has 1 aliphatic heterocycles. The average molecular weight is 434 g/mol. The van der Waals surface area contributed by atoms with E-state index in [-0.39, 0.29) is 0 Å². The van der Waals surface area contributed by atoms with Gasteiger partial charge in [0.1, 0.15) is 11.5 Å². The summed E-state index contributed by atoms with van der Waals surface area (Å²) in [4.78, 5) is 7.34. The van der Waals surface area contributed by atoms with E-state index in [1.165, 1.54) is 0 Å². The summed E-state index contributed by atoms with van der Waals surface area (Å²) in [5.41, 5.74) is 9.93. The van der Waals surface area contributed by atoms with Crippen LogP contribution in [-0.2, 0) is 6.54 Å². The summed E-state index contributed by atoms with van der Waals surface area (Å²) in [6.07, 6.45) is 3.81. The molecule has 4 heterocycles. The molecule has 4 aromatic rings. The Morgan fingerprint density at radius 2 is 2.06 bits per heavy atom. The smallest absolute Gasteiger partial charge is 0.165 e. The normalized spacial score (nSPS) is 17.0. The molecule has 0 saturated carbocycles. The first-order chi connectivity index (χ1) is 15.7. The number of likely N-dealkylation sites (tertiary alicyclic amines) is 1. The summed E-state index contributed by atoms with van der Waals surface area (Å²) in [5.74, 6) is 3.13. The highest BCUT2D eigenvalue weighted by atomic mass is 16.5. The third-order valence-electron chi connectivity index (χ3n) is 6.05. The highest BCUT2D eigenvalue weighted by Crippen LogP contribution is 2.34. The molecular formula is C24H27N5O3. The SMILES string of the molecule is COc1cccc(CN2CCC[C@@H](c3cc(N)n4nc(-c5ccco5)cc4n3)C2)c1OC. The van der Waals surface area contributed by atoms with Crippen LogP contribution in [0.3, 0.4) is 0 Å². The molecule has 0 unspecified atom stereocenters. The van der Waals surface area contributed by atoms with E-state index in [1.54, 1.807) is 25.0 Å². The lowest BCUT2D eigenvalue weighted by atomic mass is 9.94. The molecule has 0 radical (unpaired) electrons. The van der Waals surface area contributed by atoms with Crippen LogP contribution in [-0.4, -0.2) is 46.8 Å². The second-order valence-electron chi connectivity index (χ2n) is 8.11. The van der Waals surface area contributed by atoms with Crippen LogP contribution in [0.4, 0.5) is 5.82 Å². The van der Waals surface area contributed by atoms with Crippen LogP contribution in [0.25, 0.3) is 17.1 Å². The van der Waals surface area contributed by atoms with E-state index in [1.807, 2.05) is 36.4 Å². The molecule has 1 aromatic carbocycles. The summed E-state index contributed by atoms with van der Waals surface area (Å²) < 4.78 is 18.2. The van der Waals surface area contributed by atoms with Gasteiger partial charge in [0.15, 0.2) is 22.9 Å². The molecule has 1 fully saturated rings. The average Bonchev–Trinajstić information content (AvgIpc) is 3.49. The van der Waals surface area contributed by atoms with Crippen molar-refractivity contribution in [2.24, 2.45) is 0 Å². The zero-order valence-corrected chi connectivity index (χ0v) is 18.3. The van der Waals surface area contributed by atoms with E-state index in [2.05, 4.69) is 16.1 Å². The first-order valence-electron chi connectivity index (χ1n) is 10.8. The van der Waals surface area contributed by atoms with Crippen molar-refractivity contribution in [3.63, 3.8) is 0 Å². The van der Waals surface area contributed by atoms with Crippen LogP contribution in [0.1, 0.15) is 30.0 Å². The molecule has 0 aliphatic carbocycles. The number of nitrogen functional groups attached to an aromatic ring is 1. The first-order valence-corrected chi connectivity index (χ1v) is 10.8. The molecule has 0 bridgehead atoms. The standard InChI is InChI=1S/C24H27N5O3/c1-30-21-8-3-6-17(24(21)31-2)15-28-10-4-7-16(14-28)18-12-22(25)29-23(26-18)13-19(27-29)20-9-5-11-32-20/h3,5-6,8-9,11-13,16H,4,7,10,14-15,25H2,1-2H3/t16-/m1/s1. The molecule has 1 atom stereocenters. The van der Waals surface area contributed by atoms with E-state index in [0.717, 1.165) is 66.6 Å². The van der Waals surface area contributed by atoms with Gasteiger partial charge in [0.25, 0.3) is 0 Å². The number of benzene rings is 1. The number of anilines is 1. The Hall–Kier alpha value is -3.52. The molecule has 0 amide bonds. The number of para-hydroxylation sites is 1. The summed E-state index contributed by atoms with van der Waals surface area (Å²) in [6.45, 7) is 2.73. The van der Waals surface area contributed by atoms with Gasteiger partial charge in [0.2, 0.25) is 0 Å². The Morgan fingerprint density at radius 1 is 1.16 bits per heavy atom. The van der Waals surface area contributed by atoms with Gasteiger partial charge < -0.3 is 19.6 Å². The van der Waals surface area contributed by atoms with Crippen LogP contribution in [0.15, 0.2) is 53.1 Å². The maximum Gasteiger partial charge on any atom is 0.165 e. The van der Waals surface area contributed by atoms with Crippen LogP contribution < -0.4 is 15.2 Å². The number of furan rings is 1. The van der Waals surface area contributed by atoms with Gasteiger partial charge >= 0.3 is 0 Å². The summed E-state index contributed by atoms with van der Waals surface area (Å²) >= 11 is 0. The summed E-state index contributed by atoms with van der Waals surface area (Å²) in [6, 6.07) is 13.6. The molecule has 5 rings (SSSR count). The molecule has 166 valence electrons. The maximum absolute atomic E-state index is 6.34. The number of rotatable bonds is 6. The van der Waals surface area contributed by atoms with E-state index in [4.69, 9.17) is 24.6 Å². The molecule has 1 aliphatic rings. The molecule has 1 saturated heterocycles. The molecule has 0 spiro atoms. The molecule has 2 N–H and O–H groups in total. The largest absolute Gasteiger partial charge is 0.493 e. The van der Waals surface area contributed by atoms with Gasteiger partial charge in [-0.3, -0.25) is 4.90 Å². The fourth-order valence-electron chi connectivity index (χ4n) is 4.53. The molecule has 32 heavy (non-hydrogen) atoms. The Bertz CT molecular complexity index is 1220. The van der Waals surface area contributed by atoms with Crippen molar-refractivity contribution in [2.75, 3.05) is 33.0 Å². The monoisotopic (exact) mass is 433 g/mol. The second-order valence-corrected chi connectivity index (χ2v) is 8.11. The fraction of sp³-hybridized carbons (Fsp3) is 0.333. The maximum atomic E-state index is 6.34. The summed E-state index contributed by atoms with van der Waals surface area (Å²) in [7, 11) is 3.35. The number of ether oxygens (including phenoxy) is 2. The lowest BCUT2D eigenvalue weighted by Crippen LogP contribution is -2.34. The Morgan fingerprint density at radius 3 is 2.84 bits per heavy atom. The van der Waals surface area contributed by atoms with E-state index in [9.17, 15) is 0 Å². The van der Waals surface area contributed by atoms with Gasteiger partial charge in [0.05, 0.1) is 26.2 Å². The molecule has 3 aromatic heterocycles. The van der Waals surface area contributed by atoms with Crippen molar-refractivity contribution >= 4 is 11.5 Å². The topological polar surface area (TPSA) is 91.1 Å². The van der Waals surface area contributed by atoms with Crippen molar-refractivity contribution in [3.05, 3.63) is 60.0 Å². The van der Waals surface area contributed by atoms with Gasteiger partial charge in [0, 0.05) is 36.7 Å². The highest BCUT2D eigenvalue weighted by molar-refractivity contribution is 5.61. The van der Waals surface area contributed by atoms with Crippen LogP contribution in [0.5, 0.6) is 11.5 Å². The third kappa shape index (κ3) is 3.78.